The average Bonchev–Trinajstić information content (AvgIpc) is 1.84. The molecule has 0 aromatic heterocycles. The summed E-state index contributed by atoms with van der Waals surface area (Å²) in [6, 6.07) is 1.00. The van der Waals surface area contributed by atoms with E-state index < -0.39 is 0 Å². The molecule has 1 rings (SSSR count). The largest absolute Gasteiger partial charge is 0.371 e. The standard InChI is InChI=1S/C7H15N3/c1-5(9-2)10-7-3-6(8)4-7/h6-7H,3-4,8H2,1-2H3,(H,9,10). The van der Waals surface area contributed by atoms with Gasteiger partial charge in [-0.3, -0.25) is 4.99 Å². The third-order valence-electron chi connectivity index (χ3n) is 1.92. The van der Waals surface area contributed by atoms with E-state index in [0.29, 0.717) is 12.1 Å². The smallest absolute Gasteiger partial charge is 0.0930 e. The van der Waals surface area contributed by atoms with E-state index in [1.807, 2.05) is 6.92 Å². The van der Waals surface area contributed by atoms with Crippen molar-refractivity contribution >= 4 is 5.84 Å². The number of amidine groups is 1. The van der Waals surface area contributed by atoms with Crippen molar-refractivity contribution in [3.8, 4) is 0 Å². The summed E-state index contributed by atoms with van der Waals surface area (Å²) in [4.78, 5) is 4.00. The molecular formula is C7H15N3. The molecule has 3 N–H and O–H groups in total. The van der Waals surface area contributed by atoms with Crippen LogP contribution in [0, 0.1) is 0 Å². The van der Waals surface area contributed by atoms with E-state index in [0.717, 1.165) is 18.7 Å². The Morgan fingerprint density at radius 3 is 2.60 bits per heavy atom. The van der Waals surface area contributed by atoms with Gasteiger partial charge in [0.15, 0.2) is 0 Å². The van der Waals surface area contributed by atoms with Crippen LogP contribution in [0.5, 0.6) is 0 Å². The number of hydrogen-bond donors (Lipinski definition) is 2. The first-order chi connectivity index (χ1) is 4.72. The summed E-state index contributed by atoms with van der Waals surface area (Å²) in [5, 5.41) is 3.27. The topological polar surface area (TPSA) is 50.4 Å². The number of aliphatic imine (C=N–C) groups is 1. The van der Waals surface area contributed by atoms with E-state index in [9.17, 15) is 0 Å². The van der Waals surface area contributed by atoms with E-state index in [-0.39, 0.29) is 0 Å². The van der Waals surface area contributed by atoms with Gasteiger partial charge in [0, 0.05) is 19.1 Å². The van der Waals surface area contributed by atoms with Crippen LogP contribution in [0.1, 0.15) is 19.8 Å². The van der Waals surface area contributed by atoms with E-state index in [4.69, 9.17) is 5.73 Å². The van der Waals surface area contributed by atoms with Gasteiger partial charge in [0.05, 0.1) is 5.84 Å². The van der Waals surface area contributed by atoms with Crippen LogP contribution in [0.25, 0.3) is 0 Å². The first kappa shape index (κ1) is 7.54. The van der Waals surface area contributed by atoms with Gasteiger partial charge in [0.2, 0.25) is 0 Å². The van der Waals surface area contributed by atoms with Gasteiger partial charge < -0.3 is 11.1 Å². The number of nitrogens with zero attached hydrogens (tertiary/aromatic N) is 1. The zero-order valence-corrected chi connectivity index (χ0v) is 6.59. The highest BCUT2D eigenvalue weighted by molar-refractivity contribution is 5.79. The fourth-order valence-electron chi connectivity index (χ4n) is 1.14. The van der Waals surface area contributed by atoms with Crippen LogP contribution in [-0.4, -0.2) is 25.0 Å². The number of nitrogens with two attached hydrogens (primary N) is 1. The van der Waals surface area contributed by atoms with Crippen molar-refractivity contribution in [3.05, 3.63) is 0 Å². The molecule has 3 nitrogen and oxygen atoms in total. The average molecular weight is 141 g/mol. The predicted molar refractivity (Wildman–Crippen MR) is 43.2 cm³/mol. The van der Waals surface area contributed by atoms with E-state index in [1.54, 1.807) is 7.05 Å². The third kappa shape index (κ3) is 1.70. The summed E-state index contributed by atoms with van der Waals surface area (Å²) < 4.78 is 0. The van der Waals surface area contributed by atoms with Crippen molar-refractivity contribution < 1.29 is 0 Å². The van der Waals surface area contributed by atoms with Gasteiger partial charge in [-0.2, -0.15) is 0 Å². The first-order valence-corrected chi connectivity index (χ1v) is 3.68. The predicted octanol–water partition coefficient (Wildman–Crippen LogP) is 0.114. The molecule has 0 unspecified atom stereocenters. The Labute approximate surface area is 61.7 Å². The molecule has 0 saturated heterocycles. The minimum Gasteiger partial charge on any atom is -0.371 e. The van der Waals surface area contributed by atoms with Gasteiger partial charge in [0.1, 0.15) is 0 Å². The number of hydrogen-bond acceptors (Lipinski definition) is 2. The quantitative estimate of drug-likeness (QED) is 0.402. The van der Waals surface area contributed by atoms with Gasteiger partial charge in [-0.05, 0) is 19.8 Å². The molecule has 1 saturated carbocycles. The SMILES string of the molecule is CN=C(C)NC1CC(N)C1. The van der Waals surface area contributed by atoms with Crippen molar-refractivity contribution in [2.45, 2.75) is 31.8 Å². The summed E-state index contributed by atoms with van der Waals surface area (Å²) in [6.07, 6.45) is 2.18. The van der Waals surface area contributed by atoms with E-state index in [2.05, 4.69) is 10.3 Å². The maximum Gasteiger partial charge on any atom is 0.0930 e. The highest BCUT2D eigenvalue weighted by Crippen LogP contribution is 2.16. The first-order valence-electron chi connectivity index (χ1n) is 3.68. The summed E-state index contributed by atoms with van der Waals surface area (Å²) in [5.74, 6) is 1.01. The lowest BCUT2D eigenvalue weighted by molar-refractivity contribution is 0.325. The maximum absolute atomic E-state index is 5.61. The van der Waals surface area contributed by atoms with Gasteiger partial charge in [0.25, 0.3) is 0 Å². The molecule has 0 aromatic rings. The Bertz CT molecular complexity index is 136. The minimum absolute atomic E-state index is 0.419. The van der Waals surface area contributed by atoms with Crippen molar-refractivity contribution in [1.29, 1.82) is 0 Å². The second kappa shape index (κ2) is 3.01. The minimum atomic E-state index is 0.419. The molecule has 1 aliphatic rings. The molecule has 3 heteroatoms. The van der Waals surface area contributed by atoms with Crippen LogP contribution in [0.3, 0.4) is 0 Å². The van der Waals surface area contributed by atoms with Crippen molar-refractivity contribution in [2.75, 3.05) is 7.05 Å². The zero-order valence-electron chi connectivity index (χ0n) is 6.59. The van der Waals surface area contributed by atoms with E-state index >= 15 is 0 Å². The van der Waals surface area contributed by atoms with Crippen molar-refractivity contribution in [2.24, 2.45) is 10.7 Å². The highest BCUT2D eigenvalue weighted by atomic mass is 15.0. The molecule has 10 heavy (non-hydrogen) atoms. The van der Waals surface area contributed by atoms with Crippen LogP contribution >= 0.6 is 0 Å². The second-order valence-electron chi connectivity index (χ2n) is 2.88. The lowest BCUT2D eigenvalue weighted by Gasteiger charge is -2.33. The van der Waals surface area contributed by atoms with Crippen molar-refractivity contribution in [1.82, 2.24) is 5.32 Å². The lowest BCUT2D eigenvalue weighted by Crippen LogP contribution is -2.49. The van der Waals surface area contributed by atoms with Crippen LogP contribution < -0.4 is 11.1 Å². The molecule has 0 bridgehead atoms. The zero-order chi connectivity index (χ0) is 7.56. The molecule has 1 aliphatic carbocycles. The fourth-order valence-corrected chi connectivity index (χ4v) is 1.14. The van der Waals surface area contributed by atoms with Gasteiger partial charge in [-0.1, -0.05) is 0 Å². The third-order valence-corrected chi connectivity index (χ3v) is 1.92. The molecule has 0 amide bonds. The molecule has 0 aliphatic heterocycles. The molecule has 0 radical (unpaired) electrons. The van der Waals surface area contributed by atoms with Gasteiger partial charge >= 0.3 is 0 Å². The summed E-state index contributed by atoms with van der Waals surface area (Å²) in [5.41, 5.74) is 5.61. The Hall–Kier alpha value is -0.570. The summed E-state index contributed by atoms with van der Waals surface area (Å²) >= 11 is 0. The van der Waals surface area contributed by atoms with Crippen LogP contribution in [-0.2, 0) is 0 Å². The molecule has 58 valence electrons. The lowest BCUT2D eigenvalue weighted by atomic mass is 9.88. The highest BCUT2D eigenvalue weighted by Gasteiger charge is 2.25. The Kier molecular flexibility index (Phi) is 2.27. The summed E-state index contributed by atoms with van der Waals surface area (Å²) in [6.45, 7) is 1.98. The molecule has 0 aromatic carbocycles. The van der Waals surface area contributed by atoms with Gasteiger partial charge in [-0.15, -0.1) is 0 Å². The number of nitrogens with one attached hydrogen (secondary N) is 1. The van der Waals surface area contributed by atoms with Crippen molar-refractivity contribution in [3.63, 3.8) is 0 Å². The second-order valence-corrected chi connectivity index (χ2v) is 2.88. The monoisotopic (exact) mass is 141 g/mol. The molecule has 0 atom stereocenters. The molecule has 0 heterocycles. The van der Waals surface area contributed by atoms with Crippen LogP contribution in [0.4, 0.5) is 0 Å². The molecule has 0 spiro atoms. The Morgan fingerprint density at radius 1 is 1.60 bits per heavy atom. The summed E-state index contributed by atoms with van der Waals surface area (Å²) in [7, 11) is 1.79. The molecular weight excluding hydrogens is 126 g/mol. The maximum atomic E-state index is 5.61. The molecule has 1 fully saturated rings. The van der Waals surface area contributed by atoms with Crippen LogP contribution in [0.15, 0.2) is 4.99 Å². The number of rotatable bonds is 1. The Morgan fingerprint density at radius 2 is 2.20 bits per heavy atom. The Balaban J connectivity index is 2.16. The van der Waals surface area contributed by atoms with Crippen LogP contribution in [0.2, 0.25) is 0 Å². The van der Waals surface area contributed by atoms with E-state index in [1.165, 1.54) is 0 Å². The normalized spacial score (nSPS) is 33.3. The van der Waals surface area contributed by atoms with Gasteiger partial charge in [-0.25, -0.2) is 0 Å². The fraction of sp³-hybridized carbons (Fsp3) is 0.857.